The number of furan rings is 1. The van der Waals surface area contributed by atoms with E-state index in [4.69, 9.17) is 21.7 Å². The molecule has 29 heavy (non-hydrogen) atoms. The average molecular weight is 437 g/mol. The summed E-state index contributed by atoms with van der Waals surface area (Å²) in [6.07, 6.45) is 3.58. The first-order valence-corrected chi connectivity index (χ1v) is 10.1. The van der Waals surface area contributed by atoms with Gasteiger partial charge in [0.15, 0.2) is 11.6 Å². The Labute approximate surface area is 175 Å². The van der Waals surface area contributed by atoms with Crippen molar-refractivity contribution < 1.29 is 27.9 Å². The molecular formula is C20H17F2NO4S2. The molecule has 1 aliphatic rings. The smallest absolute Gasteiger partial charge is 0.303 e. The highest BCUT2D eigenvalue weighted by Gasteiger charge is 2.31. The van der Waals surface area contributed by atoms with E-state index in [1.54, 1.807) is 18.2 Å². The molecule has 3 rings (SSSR count). The van der Waals surface area contributed by atoms with Crippen molar-refractivity contribution in [1.82, 2.24) is 4.90 Å². The zero-order chi connectivity index (χ0) is 21.0. The number of thiocarbonyl (C=S) groups is 1. The number of rotatable bonds is 8. The van der Waals surface area contributed by atoms with E-state index in [1.807, 2.05) is 0 Å². The molecule has 0 radical (unpaired) electrons. The highest BCUT2D eigenvalue weighted by Crippen LogP contribution is 2.34. The molecule has 0 spiro atoms. The third kappa shape index (κ3) is 5.30. The van der Waals surface area contributed by atoms with Crippen molar-refractivity contribution in [2.24, 2.45) is 0 Å². The summed E-state index contributed by atoms with van der Waals surface area (Å²) >= 11 is 6.42. The second kappa shape index (κ2) is 9.32. The molecular weight excluding hydrogens is 420 g/mol. The van der Waals surface area contributed by atoms with E-state index in [-0.39, 0.29) is 12.3 Å². The van der Waals surface area contributed by atoms with Gasteiger partial charge in [0.05, 0.1) is 4.91 Å². The number of thioether (sulfide) groups is 1. The molecule has 1 aromatic carbocycles. The van der Waals surface area contributed by atoms with E-state index in [2.05, 4.69) is 0 Å². The molecule has 0 saturated carbocycles. The third-order valence-electron chi connectivity index (χ3n) is 4.25. The van der Waals surface area contributed by atoms with Crippen LogP contribution in [0.5, 0.6) is 0 Å². The monoisotopic (exact) mass is 437 g/mol. The minimum Gasteiger partial charge on any atom is -0.481 e. The fourth-order valence-electron chi connectivity index (χ4n) is 2.78. The van der Waals surface area contributed by atoms with Crippen LogP contribution in [0.3, 0.4) is 0 Å². The lowest BCUT2D eigenvalue weighted by Crippen LogP contribution is -2.29. The zero-order valence-corrected chi connectivity index (χ0v) is 16.8. The number of benzene rings is 1. The maximum Gasteiger partial charge on any atom is 0.303 e. The highest BCUT2D eigenvalue weighted by molar-refractivity contribution is 8.26. The van der Waals surface area contributed by atoms with Crippen LogP contribution in [0.1, 0.15) is 31.4 Å². The van der Waals surface area contributed by atoms with E-state index in [0.717, 1.165) is 23.9 Å². The van der Waals surface area contributed by atoms with Gasteiger partial charge in [-0.15, -0.1) is 0 Å². The summed E-state index contributed by atoms with van der Waals surface area (Å²) in [7, 11) is 0. The molecule has 5 nitrogen and oxygen atoms in total. The van der Waals surface area contributed by atoms with Crippen LogP contribution >= 0.6 is 24.0 Å². The van der Waals surface area contributed by atoms with E-state index < -0.39 is 17.6 Å². The molecule has 0 atom stereocenters. The molecule has 152 valence electrons. The Morgan fingerprint density at radius 1 is 1.17 bits per heavy atom. The van der Waals surface area contributed by atoms with Crippen molar-refractivity contribution in [3.63, 3.8) is 0 Å². The molecule has 1 amide bonds. The predicted molar refractivity (Wildman–Crippen MR) is 110 cm³/mol. The number of unbranched alkanes of at least 4 members (excludes halogenated alkanes) is 2. The summed E-state index contributed by atoms with van der Waals surface area (Å²) < 4.78 is 32.5. The molecule has 9 heteroatoms. The van der Waals surface area contributed by atoms with E-state index in [9.17, 15) is 18.4 Å². The van der Waals surface area contributed by atoms with Gasteiger partial charge in [-0.05, 0) is 43.2 Å². The summed E-state index contributed by atoms with van der Waals surface area (Å²) in [4.78, 5) is 25.0. The van der Waals surface area contributed by atoms with Gasteiger partial charge in [0.25, 0.3) is 5.91 Å². The summed E-state index contributed by atoms with van der Waals surface area (Å²) in [5.41, 5.74) is 0.387. The molecule has 1 fully saturated rings. The predicted octanol–water partition coefficient (Wildman–Crippen LogP) is 5.07. The van der Waals surface area contributed by atoms with Crippen LogP contribution in [0.2, 0.25) is 0 Å². The van der Waals surface area contributed by atoms with Crippen LogP contribution in [-0.4, -0.2) is 32.7 Å². The lowest BCUT2D eigenvalue weighted by molar-refractivity contribution is -0.137. The first-order valence-electron chi connectivity index (χ1n) is 8.87. The van der Waals surface area contributed by atoms with Crippen LogP contribution < -0.4 is 0 Å². The van der Waals surface area contributed by atoms with Gasteiger partial charge in [-0.2, -0.15) is 0 Å². The number of carbonyl (C=O) groups excluding carboxylic acids is 1. The van der Waals surface area contributed by atoms with Crippen molar-refractivity contribution in [1.29, 1.82) is 0 Å². The van der Waals surface area contributed by atoms with E-state index in [0.29, 0.717) is 52.1 Å². The van der Waals surface area contributed by atoms with Gasteiger partial charge in [-0.25, -0.2) is 8.78 Å². The van der Waals surface area contributed by atoms with E-state index in [1.165, 1.54) is 11.0 Å². The SMILES string of the molecule is O=C(O)CCCCCN1C(=O)C(=Cc2ccc(-c3ccc(F)c(F)c3)o2)SC1=S. The van der Waals surface area contributed by atoms with Gasteiger partial charge in [-0.3, -0.25) is 14.5 Å². The zero-order valence-electron chi connectivity index (χ0n) is 15.2. The van der Waals surface area contributed by atoms with E-state index >= 15 is 0 Å². The Balaban J connectivity index is 1.64. The second-order valence-electron chi connectivity index (χ2n) is 6.37. The van der Waals surface area contributed by atoms with Crippen LogP contribution in [-0.2, 0) is 9.59 Å². The second-order valence-corrected chi connectivity index (χ2v) is 8.04. The van der Waals surface area contributed by atoms with Crippen molar-refractivity contribution in [2.45, 2.75) is 25.7 Å². The van der Waals surface area contributed by atoms with Gasteiger partial charge in [0.2, 0.25) is 0 Å². The number of aliphatic carboxylic acids is 1. The quantitative estimate of drug-likeness (QED) is 0.353. The van der Waals surface area contributed by atoms with Crippen LogP contribution in [0.15, 0.2) is 39.7 Å². The number of hydrogen-bond acceptors (Lipinski definition) is 5. The van der Waals surface area contributed by atoms with Crippen molar-refractivity contribution in [2.75, 3.05) is 6.54 Å². The molecule has 1 N–H and O–H groups in total. The maximum absolute atomic E-state index is 13.4. The molecule has 1 aromatic heterocycles. The van der Waals surface area contributed by atoms with Gasteiger partial charge < -0.3 is 9.52 Å². The summed E-state index contributed by atoms with van der Waals surface area (Å²) in [5.74, 6) is -2.23. The average Bonchev–Trinajstić information content (AvgIpc) is 3.23. The number of nitrogens with zero attached hydrogens (tertiary/aromatic N) is 1. The molecule has 0 aliphatic carbocycles. The lowest BCUT2D eigenvalue weighted by atomic mass is 10.1. The Morgan fingerprint density at radius 2 is 1.97 bits per heavy atom. The topological polar surface area (TPSA) is 70.8 Å². The summed E-state index contributed by atoms with van der Waals surface area (Å²) in [6, 6.07) is 6.72. The number of hydrogen-bond donors (Lipinski definition) is 1. The Kier molecular flexibility index (Phi) is 6.81. The minimum absolute atomic E-state index is 0.108. The number of carboxylic acids is 1. The number of carbonyl (C=O) groups is 2. The minimum atomic E-state index is -0.968. The van der Waals surface area contributed by atoms with Gasteiger partial charge in [0.1, 0.15) is 15.8 Å². The molecule has 1 aliphatic heterocycles. The Hall–Kier alpha value is -2.52. The lowest BCUT2D eigenvalue weighted by Gasteiger charge is -2.13. The maximum atomic E-state index is 13.4. The fraction of sp³-hybridized carbons (Fsp3) is 0.250. The van der Waals surface area contributed by atoms with Gasteiger partial charge >= 0.3 is 5.97 Å². The van der Waals surface area contributed by atoms with Crippen molar-refractivity contribution in [3.05, 3.63) is 52.6 Å². The first kappa shape index (κ1) is 21.2. The largest absolute Gasteiger partial charge is 0.481 e. The summed E-state index contributed by atoms with van der Waals surface area (Å²) in [5, 5.41) is 8.64. The molecule has 0 bridgehead atoms. The van der Waals surface area contributed by atoms with Gasteiger partial charge in [0, 0.05) is 24.6 Å². The number of carboxylic acid groups (broad SMARTS) is 1. The van der Waals surface area contributed by atoms with Crippen LogP contribution in [0, 0.1) is 11.6 Å². The van der Waals surface area contributed by atoms with Crippen LogP contribution in [0.4, 0.5) is 8.78 Å². The molecule has 2 heterocycles. The number of halogens is 2. The normalized spacial score (nSPS) is 15.5. The standard InChI is InChI=1S/C20H17F2NO4S2/c21-14-7-5-12(10-15(14)22)16-8-6-13(27-16)11-17-19(26)23(20(28)29-17)9-3-1-2-4-18(24)25/h5-8,10-11H,1-4,9H2,(H,24,25). The molecule has 0 unspecified atom stereocenters. The van der Waals surface area contributed by atoms with Gasteiger partial charge in [-0.1, -0.05) is 30.4 Å². The number of amides is 1. The first-order chi connectivity index (χ1) is 13.8. The molecule has 1 saturated heterocycles. The van der Waals surface area contributed by atoms with Crippen molar-refractivity contribution in [3.8, 4) is 11.3 Å². The highest BCUT2D eigenvalue weighted by atomic mass is 32.2. The molecule has 2 aromatic rings. The van der Waals surface area contributed by atoms with Crippen LogP contribution in [0.25, 0.3) is 17.4 Å². The Morgan fingerprint density at radius 3 is 2.69 bits per heavy atom. The third-order valence-corrected chi connectivity index (χ3v) is 5.63. The Bertz CT molecular complexity index is 987. The summed E-state index contributed by atoms with van der Waals surface area (Å²) in [6.45, 7) is 0.430. The fourth-order valence-corrected chi connectivity index (χ4v) is 4.07. The van der Waals surface area contributed by atoms with Crippen molar-refractivity contribution >= 4 is 46.3 Å².